The average Bonchev–Trinajstić information content (AvgIpc) is 2.69. The van der Waals surface area contributed by atoms with Gasteiger partial charge in [-0.15, -0.1) is 0 Å². The van der Waals surface area contributed by atoms with Crippen molar-refractivity contribution in [1.82, 2.24) is 0 Å². The molecule has 3 unspecified atom stereocenters. The van der Waals surface area contributed by atoms with E-state index in [9.17, 15) is 0 Å². The summed E-state index contributed by atoms with van der Waals surface area (Å²) in [4.78, 5) is 0. The summed E-state index contributed by atoms with van der Waals surface area (Å²) >= 11 is 0. The zero-order chi connectivity index (χ0) is 8.93. The van der Waals surface area contributed by atoms with Crippen LogP contribution in [0.2, 0.25) is 0 Å². The van der Waals surface area contributed by atoms with Crippen LogP contribution in [0.1, 0.15) is 33.6 Å². The lowest BCUT2D eigenvalue weighted by molar-refractivity contribution is 0.312. The molecule has 0 aliphatic heterocycles. The van der Waals surface area contributed by atoms with Crippen molar-refractivity contribution in [3.63, 3.8) is 0 Å². The van der Waals surface area contributed by atoms with Crippen LogP contribution in [0, 0.1) is 23.2 Å². The number of rotatable bonds is 1. The van der Waals surface area contributed by atoms with Crippen LogP contribution in [0.5, 0.6) is 0 Å². The molecule has 2 nitrogen and oxygen atoms in total. The fourth-order valence-electron chi connectivity index (χ4n) is 2.95. The monoisotopic (exact) mass is 167 g/mol. The molecule has 68 valence electrons. The second-order valence-corrected chi connectivity index (χ2v) is 4.76. The van der Waals surface area contributed by atoms with Gasteiger partial charge in [-0.25, -0.2) is 0 Å². The molecular weight excluding hydrogens is 150 g/mol. The predicted octanol–water partition coefficient (Wildman–Crippen LogP) is 2.52. The minimum absolute atomic E-state index is 0.515. The molecule has 1 N–H and O–H groups in total. The molecule has 12 heavy (non-hydrogen) atoms. The first-order valence-corrected chi connectivity index (χ1v) is 4.82. The molecule has 0 bridgehead atoms. The van der Waals surface area contributed by atoms with E-state index >= 15 is 0 Å². The van der Waals surface area contributed by atoms with Crippen molar-refractivity contribution >= 4 is 5.71 Å². The van der Waals surface area contributed by atoms with Crippen molar-refractivity contribution < 1.29 is 5.21 Å². The van der Waals surface area contributed by atoms with Crippen molar-refractivity contribution in [1.29, 1.82) is 0 Å². The molecule has 0 spiro atoms. The molecule has 2 rings (SSSR count). The molecule has 0 aromatic carbocycles. The highest BCUT2D eigenvalue weighted by Gasteiger charge is 2.64. The Bertz CT molecular complexity index is 234. The highest BCUT2D eigenvalue weighted by molar-refractivity contribution is 5.90. The first-order valence-electron chi connectivity index (χ1n) is 4.82. The summed E-state index contributed by atoms with van der Waals surface area (Å²) < 4.78 is 0. The third-order valence-electron chi connectivity index (χ3n) is 4.10. The van der Waals surface area contributed by atoms with Gasteiger partial charge in [0.2, 0.25) is 0 Å². The highest BCUT2D eigenvalue weighted by atomic mass is 16.4. The smallest absolute Gasteiger partial charge is 0.0607 e. The summed E-state index contributed by atoms with van der Waals surface area (Å²) in [5.74, 6) is 2.07. The van der Waals surface area contributed by atoms with Gasteiger partial charge in [0.25, 0.3) is 0 Å². The van der Waals surface area contributed by atoms with Gasteiger partial charge in [0.15, 0.2) is 0 Å². The van der Waals surface area contributed by atoms with Crippen LogP contribution in [0.15, 0.2) is 5.16 Å². The Morgan fingerprint density at radius 1 is 1.58 bits per heavy atom. The summed E-state index contributed by atoms with van der Waals surface area (Å²) in [5, 5.41) is 12.2. The Morgan fingerprint density at radius 3 is 2.58 bits per heavy atom. The van der Waals surface area contributed by atoms with E-state index in [0.717, 1.165) is 24.0 Å². The van der Waals surface area contributed by atoms with Crippen LogP contribution in [0.3, 0.4) is 0 Å². The van der Waals surface area contributed by atoms with Crippen molar-refractivity contribution in [3.05, 3.63) is 0 Å². The fourth-order valence-corrected chi connectivity index (χ4v) is 2.95. The Hall–Kier alpha value is -0.530. The Morgan fingerprint density at radius 2 is 2.25 bits per heavy atom. The van der Waals surface area contributed by atoms with Gasteiger partial charge in [-0.05, 0) is 30.1 Å². The molecule has 2 aliphatic rings. The number of hydrogen-bond acceptors (Lipinski definition) is 2. The third-order valence-corrected chi connectivity index (χ3v) is 4.10. The van der Waals surface area contributed by atoms with E-state index in [2.05, 4.69) is 25.9 Å². The second kappa shape index (κ2) is 2.24. The van der Waals surface area contributed by atoms with Gasteiger partial charge in [-0.1, -0.05) is 25.9 Å². The van der Waals surface area contributed by atoms with Crippen LogP contribution in [-0.4, -0.2) is 10.9 Å². The van der Waals surface area contributed by atoms with Crippen molar-refractivity contribution in [2.24, 2.45) is 28.3 Å². The lowest BCUT2D eigenvalue weighted by Gasteiger charge is -2.15. The Kier molecular flexibility index (Phi) is 1.51. The standard InChI is InChI=1S/C10H17NO/c1-6(2)10-4-8(10)7(3)9(5-10)11-12/h6-8,12H,4-5H2,1-3H3. The van der Waals surface area contributed by atoms with Crippen molar-refractivity contribution in [3.8, 4) is 0 Å². The Labute approximate surface area is 73.7 Å². The van der Waals surface area contributed by atoms with E-state index in [1.807, 2.05) is 0 Å². The fraction of sp³-hybridized carbons (Fsp3) is 0.900. The van der Waals surface area contributed by atoms with Gasteiger partial charge in [0.1, 0.15) is 0 Å². The van der Waals surface area contributed by atoms with Gasteiger partial charge in [-0.2, -0.15) is 0 Å². The predicted molar refractivity (Wildman–Crippen MR) is 48.4 cm³/mol. The molecule has 2 aliphatic carbocycles. The minimum Gasteiger partial charge on any atom is -0.411 e. The van der Waals surface area contributed by atoms with E-state index < -0.39 is 0 Å². The summed E-state index contributed by atoms with van der Waals surface area (Å²) in [6.45, 7) is 6.76. The molecule has 3 atom stereocenters. The third kappa shape index (κ3) is 0.782. The molecule has 0 heterocycles. The van der Waals surface area contributed by atoms with E-state index in [1.54, 1.807) is 0 Å². The molecule has 0 aromatic heterocycles. The maximum absolute atomic E-state index is 8.76. The summed E-state index contributed by atoms with van der Waals surface area (Å²) in [7, 11) is 0. The number of hydrogen-bond donors (Lipinski definition) is 1. The zero-order valence-electron chi connectivity index (χ0n) is 8.04. The first-order chi connectivity index (χ1) is 5.62. The maximum atomic E-state index is 8.76. The molecule has 0 aromatic rings. The molecular formula is C10H17NO. The lowest BCUT2D eigenvalue weighted by atomic mass is 9.90. The van der Waals surface area contributed by atoms with Crippen LogP contribution >= 0.6 is 0 Å². The average molecular weight is 167 g/mol. The van der Waals surface area contributed by atoms with Gasteiger partial charge in [-0.3, -0.25) is 0 Å². The topological polar surface area (TPSA) is 32.6 Å². The maximum Gasteiger partial charge on any atom is 0.0607 e. The van der Waals surface area contributed by atoms with Crippen LogP contribution in [-0.2, 0) is 0 Å². The van der Waals surface area contributed by atoms with Gasteiger partial charge < -0.3 is 5.21 Å². The Balaban J connectivity index is 2.20. The molecule has 0 radical (unpaired) electrons. The number of fused-ring (bicyclic) bond motifs is 1. The zero-order valence-corrected chi connectivity index (χ0v) is 8.04. The van der Waals surface area contributed by atoms with Gasteiger partial charge in [0, 0.05) is 5.92 Å². The summed E-state index contributed by atoms with van der Waals surface area (Å²) in [5.41, 5.74) is 1.54. The summed E-state index contributed by atoms with van der Waals surface area (Å²) in [6.07, 6.45) is 2.39. The summed E-state index contributed by atoms with van der Waals surface area (Å²) in [6, 6.07) is 0. The van der Waals surface area contributed by atoms with Crippen molar-refractivity contribution in [2.75, 3.05) is 0 Å². The van der Waals surface area contributed by atoms with E-state index in [-0.39, 0.29) is 0 Å². The van der Waals surface area contributed by atoms with Crippen molar-refractivity contribution in [2.45, 2.75) is 33.6 Å². The largest absolute Gasteiger partial charge is 0.411 e. The van der Waals surface area contributed by atoms with Crippen LogP contribution in [0.4, 0.5) is 0 Å². The highest BCUT2D eigenvalue weighted by Crippen LogP contribution is 2.68. The van der Waals surface area contributed by atoms with E-state index in [1.165, 1.54) is 6.42 Å². The quantitative estimate of drug-likeness (QED) is 0.472. The van der Waals surface area contributed by atoms with E-state index in [0.29, 0.717) is 11.3 Å². The lowest BCUT2D eigenvalue weighted by Crippen LogP contribution is -2.11. The van der Waals surface area contributed by atoms with E-state index in [4.69, 9.17) is 5.21 Å². The van der Waals surface area contributed by atoms with Gasteiger partial charge in [0.05, 0.1) is 5.71 Å². The second-order valence-electron chi connectivity index (χ2n) is 4.76. The van der Waals surface area contributed by atoms with Gasteiger partial charge >= 0.3 is 0 Å². The molecule has 0 saturated heterocycles. The molecule has 2 saturated carbocycles. The number of nitrogens with zero attached hydrogens (tertiary/aromatic N) is 1. The van der Waals surface area contributed by atoms with Crippen LogP contribution < -0.4 is 0 Å². The minimum atomic E-state index is 0.515. The normalized spacial score (nSPS) is 48.5. The molecule has 2 fully saturated rings. The molecule has 2 heteroatoms. The van der Waals surface area contributed by atoms with Crippen LogP contribution in [0.25, 0.3) is 0 Å². The SMILES string of the molecule is CC1C(=NO)CC2(C(C)C)CC12. The number of oxime groups is 1. The first kappa shape index (κ1) is 8.09. The molecule has 0 amide bonds.